The summed E-state index contributed by atoms with van der Waals surface area (Å²) in [5.41, 5.74) is 1.21. The third-order valence-electron chi connectivity index (χ3n) is 1.85. The van der Waals surface area contributed by atoms with E-state index in [4.69, 9.17) is 0 Å². The molecule has 0 aliphatic carbocycles. The molecular weight excluding hydrogens is 166 g/mol. The SMILES string of the molecule is CCCN(C)c1ccccc1S. The first-order valence-electron chi connectivity index (χ1n) is 4.25. The van der Waals surface area contributed by atoms with E-state index >= 15 is 0 Å². The molecule has 0 atom stereocenters. The van der Waals surface area contributed by atoms with Gasteiger partial charge in [-0.3, -0.25) is 0 Å². The summed E-state index contributed by atoms with van der Waals surface area (Å²) in [5.74, 6) is 0. The van der Waals surface area contributed by atoms with Crippen molar-refractivity contribution in [3.05, 3.63) is 24.3 Å². The Labute approximate surface area is 79.8 Å². The quantitative estimate of drug-likeness (QED) is 0.702. The molecule has 2 heteroatoms. The second-order valence-electron chi connectivity index (χ2n) is 2.91. The van der Waals surface area contributed by atoms with Gasteiger partial charge in [-0.25, -0.2) is 0 Å². The van der Waals surface area contributed by atoms with Crippen LogP contribution in [0.3, 0.4) is 0 Å². The van der Waals surface area contributed by atoms with Crippen LogP contribution in [0.1, 0.15) is 13.3 Å². The zero-order valence-corrected chi connectivity index (χ0v) is 8.51. The molecule has 66 valence electrons. The van der Waals surface area contributed by atoms with E-state index in [2.05, 4.69) is 37.6 Å². The van der Waals surface area contributed by atoms with E-state index in [1.165, 1.54) is 12.1 Å². The van der Waals surface area contributed by atoms with Gasteiger partial charge < -0.3 is 4.90 Å². The number of rotatable bonds is 3. The van der Waals surface area contributed by atoms with Crippen molar-refractivity contribution in [1.29, 1.82) is 0 Å². The Morgan fingerprint density at radius 1 is 1.33 bits per heavy atom. The van der Waals surface area contributed by atoms with Crippen LogP contribution in [0.4, 0.5) is 5.69 Å². The summed E-state index contributed by atoms with van der Waals surface area (Å²) in [6, 6.07) is 8.16. The first-order chi connectivity index (χ1) is 5.75. The van der Waals surface area contributed by atoms with Crippen LogP contribution in [-0.2, 0) is 0 Å². The topological polar surface area (TPSA) is 3.24 Å². The van der Waals surface area contributed by atoms with E-state index in [0.29, 0.717) is 0 Å². The Bertz CT molecular complexity index is 247. The van der Waals surface area contributed by atoms with Crippen molar-refractivity contribution in [1.82, 2.24) is 0 Å². The Morgan fingerprint density at radius 3 is 2.58 bits per heavy atom. The van der Waals surface area contributed by atoms with Crippen molar-refractivity contribution >= 4 is 18.3 Å². The zero-order chi connectivity index (χ0) is 8.97. The molecule has 0 aliphatic heterocycles. The van der Waals surface area contributed by atoms with Gasteiger partial charge in [-0.05, 0) is 18.6 Å². The summed E-state index contributed by atoms with van der Waals surface area (Å²) in [4.78, 5) is 3.27. The fraction of sp³-hybridized carbons (Fsp3) is 0.400. The summed E-state index contributed by atoms with van der Waals surface area (Å²) in [6.45, 7) is 3.26. The second-order valence-corrected chi connectivity index (χ2v) is 3.39. The lowest BCUT2D eigenvalue weighted by atomic mass is 10.3. The minimum atomic E-state index is 1.05. The van der Waals surface area contributed by atoms with Crippen LogP contribution < -0.4 is 4.90 Å². The molecule has 1 aromatic rings. The molecule has 0 amide bonds. The monoisotopic (exact) mass is 181 g/mol. The minimum absolute atomic E-state index is 1.05. The zero-order valence-electron chi connectivity index (χ0n) is 7.62. The number of hydrogen-bond acceptors (Lipinski definition) is 2. The van der Waals surface area contributed by atoms with E-state index in [1.807, 2.05) is 18.2 Å². The molecule has 0 fully saturated rings. The van der Waals surface area contributed by atoms with Gasteiger partial charge in [0.25, 0.3) is 0 Å². The van der Waals surface area contributed by atoms with Crippen molar-refractivity contribution in [2.75, 3.05) is 18.5 Å². The fourth-order valence-corrected chi connectivity index (χ4v) is 1.57. The lowest BCUT2D eigenvalue weighted by molar-refractivity contribution is 0.845. The highest BCUT2D eigenvalue weighted by Crippen LogP contribution is 2.22. The molecule has 0 aliphatic rings. The lowest BCUT2D eigenvalue weighted by Crippen LogP contribution is -2.17. The summed E-state index contributed by atoms with van der Waals surface area (Å²) in [7, 11) is 2.10. The average Bonchev–Trinajstić information content (AvgIpc) is 2.05. The number of anilines is 1. The molecule has 0 radical (unpaired) electrons. The smallest absolute Gasteiger partial charge is 0.0499 e. The molecule has 0 bridgehead atoms. The molecule has 1 aromatic carbocycles. The van der Waals surface area contributed by atoms with Crippen molar-refractivity contribution in [2.24, 2.45) is 0 Å². The Kier molecular flexibility index (Phi) is 3.48. The maximum atomic E-state index is 4.39. The van der Waals surface area contributed by atoms with Crippen molar-refractivity contribution in [2.45, 2.75) is 18.2 Å². The van der Waals surface area contributed by atoms with Crippen LogP contribution >= 0.6 is 12.6 Å². The summed E-state index contributed by atoms with van der Waals surface area (Å²) >= 11 is 4.39. The van der Waals surface area contributed by atoms with Gasteiger partial charge in [-0.1, -0.05) is 19.1 Å². The van der Waals surface area contributed by atoms with Gasteiger partial charge >= 0.3 is 0 Å². The number of hydrogen-bond donors (Lipinski definition) is 1. The molecule has 0 saturated carbocycles. The summed E-state index contributed by atoms with van der Waals surface area (Å²) in [5, 5.41) is 0. The van der Waals surface area contributed by atoms with Gasteiger partial charge in [0.2, 0.25) is 0 Å². The molecule has 0 heterocycles. The van der Waals surface area contributed by atoms with E-state index in [0.717, 1.165) is 11.4 Å². The van der Waals surface area contributed by atoms with E-state index in [9.17, 15) is 0 Å². The second kappa shape index (κ2) is 4.41. The Hall–Kier alpha value is -0.630. The molecule has 0 spiro atoms. The van der Waals surface area contributed by atoms with Crippen molar-refractivity contribution in [3.8, 4) is 0 Å². The molecule has 12 heavy (non-hydrogen) atoms. The minimum Gasteiger partial charge on any atom is -0.374 e. The average molecular weight is 181 g/mol. The van der Waals surface area contributed by atoms with Crippen LogP contribution in [0, 0.1) is 0 Å². The first kappa shape index (κ1) is 9.46. The highest BCUT2D eigenvalue weighted by atomic mass is 32.1. The predicted molar refractivity (Wildman–Crippen MR) is 57.3 cm³/mol. The van der Waals surface area contributed by atoms with Crippen LogP contribution in [0.15, 0.2) is 29.2 Å². The largest absolute Gasteiger partial charge is 0.374 e. The predicted octanol–water partition coefficient (Wildman–Crippen LogP) is 2.82. The number of nitrogens with zero attached hydrogens (tertiary/aromatic N) is 1. The molecule has 0 unspecified atom stereocenters. The molecule has 1 nitrogen and oxygen atoms in total. The van der Waals surface area contributed by atoms with Crippen LogP contribution in [0.25, 0.3) is 0 Å². The molecule has 0 saturated heterocycles. The van der Waals surface area contributed by atoms with Gasteiger partial charge in [0.05, 0.1) is 0 Å². The summed E-state index contributed by atoms with van der Waals surface area (Å²) < 4.78 is 0. The summed E-state index contributed by atoms with van der Waals surface area (Å²) in [6.07, 6.45) is 1.17. The highest BCUT2D eigenvalue weighted by molar-refractivity contribution is 7.80. The van der Waals surface area contributed by atoms with E-state index in [1.54, 1.807) is 0 Å². The number of para-hydroxylation sites is 1. The van der Waals surface area contributed by atoms with E-state index in [-0.39, 0.29) is 0 Å². The van der Waals surface area contributed by atoms with Crippen molar-refractivity contribution in [3.63, 3.8) is 0 Å². The van der Waals surface area contributed by atoms with Crippen LogP contribution in [0.5, 0.6) is 0 Å². The third kappa shape index (κ3) is 2.18. The first-order valence-corrected chi connectivity index (χ1v) is 4.69. The Morgan fingerprint density at radius 2 is 2.00 bits per heavy atom. The maximum absolute atomic E-state index is 4.39. The van der Waals surface area contributed by atoms with Crippen LogP contribution in [-0.4, -0.2) is 13.6 Å². The van der Waals surface area contributed by atoms with Crippen molar-refractivity contribution < 1.29 is 0 Å². The molecule has 0 N–H and O–H groups in total. The highest BCUT2D eigenvalue weighted by Gasteiger charge is 2.01. The van der Waals surface area contributed by atoms with Gasteiger partial charge in [0, 0.05) is 24.2 Å². The van der Waals surface area contributed by atoms with Gasteiger partial charge in [0.1, 0.15) is 0 Å². The third-order valence-corrected chi connectivity index (χ3v) is 2.23. The van der Waals surface area contributed by atoms with Crippen LogP contribution in [0.2, 0.25) is 0 Å². The molecule has 1 rings (SSSR count). The molecule has 0 aromatic heterocycles. The molecular formula is C10H15NS. The standard InChI is InChI=1S/C10H15NS/c1-3-8-11(2)9-6-4-5-7-10(9)12/h4-7,12H,3,8H2,1-2H3. The number of thiol groups is 1. The van der Waals surface area contributed by atoms with Gasteiger partial charge in [-0.15, -0.1) is 12.6 Å². The van der Waals surface area contributed by atoms with Gasteiger partial charge in [0.15, 0.2) is 0 Å². The Balaban J connectivity index is 2.79. The normalized spacial score (nSPS) is 9.92. The van der Waals surface area contributed by atoms with E-state index < -0.39 is 0 Å². The maximum Gasteiger partial charge on any atom is 0.0499 e. The van der Waals surface area contributed by atoms with Gasteiger partial charge in [-0.2, -0.15) is 0 Å². The lowest BCUT2D eigenvalue weighted by Gasteiger charge is -2.19. The number of benzene rings is 1. The fourth-order valence-electron chi connectivity index (χ4n) is 1.24.